The van der Waals surface area contributed by atoms with Crippen LogP contribution < -0.4 is 15.2 Å². The molecule has 4 aromatic rings. The van der Waals surface area contributed by atoms with Crippen molar-refractivity contribution >= 4 is 28.4 Å². The zero-order valence-corrected chi connectivity index (χ0v) is 16.1. The summed E-state index contributed by atoms with van der Waals surface area (Å²) >= 11 is 5.99. The number of primary amides is 1. The summed E-state index contributed by atoms with van der Waals surface area (Å²) in [5.74, 6) is -0.0577. The van der Waals surface area contributed by atoms with E-state index in [-0.39, 0.29) is 10.6 Å². The summed E-state index contributed by atoms with van der Waals surface area (Å²) in [5, 5.41) is 21.2. The second kappa shape index (κ2) is 7.40. The van der Waals surface area contributed by atoms with E-state index in [1.54, 1.807) is 42.6 Å². The number of pyridine rings is 1. The van der Waals surface area contributed by atoms with Crippen LogP contribution in [0.15, 0.2) is 60.9 Å². The first kappa shape index (κ1) is 18.7. The van der Waals surface area contributed by atoms with Crippen LogP contribution in [-0.2, 0) is 0 Å². The summed E-state index contributed by atoms with van der Waals surface area (Å²) in [7, 11) is 0. The van der Waals surface area contributed by atoms with Crippen LogP contribution in [0.1, 0.15) is 29.1 Å². The maximum absolute atomic E-state index is 11.9. The molecule has 0 unspecified atom stereocenters. The summed E-state index contributed by atoms with van der Waals surface area (Å²) in [4.78, 5) is 11.5. The first-order valence-electron chi connectivity index (χ1n) is 8.73. The third-order valence-electron chi connectivity index (χ3n) is 4.48. The molecule has 2 aromatic carbocycles. The maximum Gasteiger partial charge on any atom is 0.250 e. The highest BCUT2D eigenvalue weighted by atomic mass is 35.5. The van der Waals surface area contributed by atoms with Crippen LogP contribution >= 0.6 is 11.6 Å². The monoisotopic (exact) mass is 409 g/mol. The van der Waals surface area contributed by atoms with Crippen molar-refractivity contribution in [2.24, 2.45) is 5.73 Å². The topological polar surface area (TPSA) is 110 Å². The lowest BCUT2D eigenvalue weighted by atomic mass is 10.2. The number of ether oxygens (including phenoxy) is 1. The molecule has 0 aliphatic carbocycles. The van der Waals surface area contributed by atoms with Gasteiger partial charge in [-0.15, -0.1) is 5.10 Å². The molecule has 1 atom stereocenters. The molecule has 0 saturated heterocycles. The van der Waals surface area contributed by atoms with Crippen molar-refractivity contribution in [3.05, 3.63) is 82.4 Å². The molecule has 2 N–H and O–H groups in total. The largest absolute Gasteiger partial charge is 0.618 e. The van der Waals surface area contributed by atoms with Gasteiger partial charge in [0.25, 0.3) is 0 Å². The number of rotatable bonds is 5. The zero-order valence-electron chi connectivity index (χ0n) is 15.3. The Morgan fingerprint density at radius 2 is 2.07 bits per heavy atom. The molecule has 9 heteroatoms. The van der Waals surface area contributed by atoms with Gasteiger partial charge in [0.15, 0.2) is 6.20 Å². The molecular weight excluding hydrogens is 394 g/mol. The molecule has 2 aromatic heterocycles. The highest BCUT2D eigenvalue weighted by Crippen LogP contribution is 2.27. The number of aromatic nitrogens is 4. The molecule has 0 bridgehead atoms. The van der Waals surface area contributed by atoms with Crippen molar-refractivity contribution < 1.29 is 14.3 Å². The molecule has 29 heavy (non-hydrogen) atoms. The Morgan fingerprint density at radius 1 is 1.28 bits per heavy atom. The van der Waals surface area contributed by atoms with Gasteiger partial charge in [-0.25, -0.2) is 4.68 Å². The van der Waals surface area contributed by atoms with Crippen molar-refractivity contribution in [2.45, 2.75) is 13.0 Å². The van der Waals surface area contributed by atoms with E-state index in [0.717, 1.165) is 4.73 Å². The predicted octanol–water partition coefficient (Wildman–Crippen LogP) is 2.95. The zero-order chi connectivity index (χ0) is 20.5. The predicted molar refractivity (Wildman–Crippen MR) is 107 cm³/mol. The summed E-state index contributed by atoms with van der Waals surface area (Å²) in [5.41, 5.74) is 7.22. The lowest BCUT2D eigenvalue weighted by Gasteiger charge is -2.13. The van der Waals surface area contributed by atoms with E-state index in [1.807, 2.05) is 19.1 Å². The van der Waals surface area contributed by atoms with Crippen molar-refractivity contribution in [3.63, 3.8) is 0 Å². The number of hydrogen-bond acceptors (Lipinski definition) is 5. The van der Waals surface area contributed by atoms with Gasteiger partial charge in [-0.3, -0.25) is 4.79 Å². The summed E-state index contributed by atoms with van der Waals surface area (Å²) < 4.78 is 8.33. The Kier molecular flexibility index (Phi) is 4.77. The molecule has 0 fully saturated rings. The average molecular weight is 410 g/mol. The molecule has 2 heterocycles. The molecule has 4 rings (SSSR count). The molecule has 146 valence electrons. The maximum atomic E-state index is 11.9. The lowest BCUT2D eigenvalue weighted by molar-refractivity contribution is -0.577. The number of fused-ring (bicyclic) bond motifs is 1. The number of para-hydroxylation sites is 1. The summed E-state index contributed by atoms with van der Waals surface area (Å²) in [6.07, 6.45) is 2.66. The number of nitrogens with zero attached hydrogens (tertiary/aromatic N) is 4. The number of nitrogens with two attached hydrogens (primary N) is 1. The third kappa shape index (κ3) is 3.57. The molecule has 0 saturated carbocycles. The number of benzene rings is 2. The third-order valence-corrected chi connectivity index (χ3v) is 4.81. The van der Waals surface area contributed by atoms with Crippen molar-refractivity contribution in [1.29, 1.82) is 0 Å². The minimum Gasteiger partial charge on any atom is -0.618 e. The minimum absolute atomic E-state index is 0.201. The van der Waals surface area contributed by atoms with Crippen LogP contribution in [-0.4, -0.2) is 20.9 Å². The lowest BCUT2D eigenvalue weighted by Crippen LogP contribution is -2.26. The number of carbonyl (C=O) groups excluding carboxylic acids is 1. The fourth-order valence-corrected chi connectivity index (χ4v) is 3.18. The number of carbonyl (C=O) groups is 1. The van der Waals surface area contributed by atoms with E-state index in [4.69, 9.17) is 22.1 Å². The number of amides is 1. The molecule has 8 nitrogen and oxygen atoms in total. The SMILES string of the molecule is C[C@@H](Oc1cc[n+]([O-])c2ccccc12)c1cn(-c2ccc(Cl)c(C(N)=O)c2)nn1. The van der Waals surface area contributed by atoms with E-state index in [9.17, 15) is 10.0 Å². The van der Waals surface area contributed by atoms with Gasteiger partial charge >= 0.3 is 0 Å². The Balaban J connectivity index is 1.62. The standard InChI is InChI=1S/C20H16ClN5O3/c1-12(29-19-8-9-26(28)18-5-3-2-4-14(18)19)17-11-25(24-23-17)13-6-7-16(21)15(10-13)20(22)27/h2-12H,1H3,(H2,22,27)/t12-/m1/s1. The number of halogens is 1. The van der Waals surface area contributed by atoms with Gasteiger partial charge < -0.3 is 15.7 Å². The van der Waals surface area contributed by atoms with E-state index in [2.05, 4.69) is 10.3 Å². The van der Waals surface area contributed by atoms with Crippen LogP contribution in [0.5, 0.6) is 5.75 Å². The Labute approximate surface area is 170 Å². The van der Waals surface area contributed by atoms with E-state index in [0.29, 0.717) is 28.0 Å². The highest BCUT2D eigenvalue weighted by Gasteiger charge is 2.17. The minimum atomic E-state index is -0.625. The van der Waals surface area contributed by atoms with E-state index < -0.39 is 12.0 Å². The Hall–Kier alpha value is -3.65. The van der Waals surface area contributed by atoms with Gasteiger partial charge in [0, 0.05) is 12.1 Å². The van der Waals surface area contributed by atoms with E-state index >= 15 is 0 Å². The first-order chi connectivity index (χ1) is 13.9. The van der Waals surface area contributed by atoms with Crippen molar-refractivity contribution in [2.75, 3.05) is 0 Å². The van der Waals surface area contributed by atoms with Crippen molar-refractivity contribution in [3.8, 4) is 11.4 Å². The van der Waals surface area contributed by atoms with Crippen molar-refractivity contribution in [1.82, 2.24) is 15.0 Å². The van der Waals surface area contributed by atoms with Crippen LogP contribution in [0.4, 0.5) is 0 Å². The fraction of sp³-hybridized carbons (Fsp3) is 0.100. The van der Waals surface area contributed by atoms with E-state index in [1.165, 1.54) is 10.9 Å². The van der Waals surface area contributed by atoms with Gasteiger partial charge in [0.05, 0.1) is 27.9 Å². The van der Waals surface area contributed by atoms with Crippen LogP contribution in [0, 0.1) is 5.21 Å². The molecule has 0 spiro atoms. The van der Waals surface area contributed by atoms with Gasteiger partial charge in [0.2, 0.25) is 11.4 Å². The van der Waals surface area contributed by atoms with Crippen LogP contribution in [0.25, 0.3) is 16.6 Å². The molecule has 0 aliphatic rings. The molecular formula is C20H16ClN5O3. The highest BCUT2D eigenvalue weighted by molar-refractivity contribution is 6.33. The summed E-state index contributed by atoms with van der Waals surface area (Å²) in [6, 6.07) is 13.6. The quantitative estimate of drug-likeness (QED) is 0.402. The van der Waals surface area contributed by atoms with Gasteiger partial charge in [-0.05, 0) is 31.2 Å². The second-order valence-electron chi connectivity index (χ2n) is 6.40. The molecule has 0 radical (unpaired) electrons. The van der Waals surface area contributed by atoms with Gasteiger partial charge in [0.1, 0.15) is 17.5 Å². The van der Waals surface area contributed by atoms with Crippen LogP contribution in [0.2, 0.25) is 5.02 Å². The first-order valence-corrected chi connectivity index (χ1v) is 9.11. The second-order valence-corrected chi connectivity index (χ2v) is 6.81. The molecule has 1 amide bonds. The van der Waals surface area contributed by atoms with Gasteiger partial charge in [-0.1, -0.05) is 28.9 Å². The normalized spacial score (nSPS) is 12.1. The van der Waals surface area contributed by atoms with Gasteiger partial charge in [-0.2, -0.15) is 4.73 Å². The molecule has 0 aliphatic heterocycles. The smallest absolute Gasteiger partial charge is 0.250 e. The van der Waals surface area contributed by atoms with Crippen LogP contribution in [0.3, 0.4) is 0 Å². The Bertz CT molecular complexity index is 1220. The summed E-state index contributed by atoms with van der Waals surface area (Å²) in [6.45, 7) is 1.83. The number of hydrogen-bond donors (Lipinski definition) is 1. The fourth-order valence-electron chi connectivity index (χ4n) is 2.97. The Morgan fingerprint density at radius 3 is 2.86 bits per heavy atom. The average Bonchev–Trinajstić information content (AvgIpc) is 3.21.